The van der Waals surface area contributed by atoms with E-state index < -0.39 is 18.2 Å². The second-order valence-corrected chi connectivity index (χ2v) is 3.41. The quantitative estimate of drug-likeness (QED) is 0.718. The van der Waals surface area contributed by atoms with Crippen LogP contribution in [0.3, 0.4) is 0 Å². The molecule has 2 atom stereocenters. The maximum atomic E-state index is 10.5. The van der Waals surface area contributed by atoms with Crippen LogP contribution in [0.15, 0.2) is 34.7 Å². The van der Waals surface area contributed by atoms with E-state index in [4.69, 9.17) is 14.6 Å². The van der Waals surface area contributed by atoms with Gasteiger partial charge in [-0.05, 0) is 12.1 Å². The molecule has 84 valence electrons. The Morgan fingerprint density at radius 2 is 1.94 bits per heavy atom. The van der Waals surface area contributed by atoms with Gasteiger partial charge < -0.3 is 19.7 Å². The number of aliphatic carboxylic acids is 1. The van der Waals surface area contributed by atoms with Gasteiger partial charge in [0.2, 0.25) is 0 Å². The molecule has 5 nitrogen and oxygen atoms in total. The molecule has 0 amide bonds. The lowest BCUT2D eigenvalue weighted by atomic mass is 10.1. The minimum Gasteiger partial charge on any atom is -0.479 e. The van der Waals surface area contributed by atoms with Crippen LogP contribution in [0, 0.1) is 0 Å². The zero-order chi connectivity index (χ0) is 11.7. The third-order valence-electron chi connectivity index (χ3n) is 2.29. The highest BCUT2D eigenvalue weighted by atomic mass is 16.4. The summed E-state index contributed by atoms with van der Waals surface area (Å²) in [5, 5.41) is 28.0. The number of furan rings is 1. The topological polar surface area (TPSA) is 90.9 Å². The van der Waals surface area contributed by atoms with Crippen LogP contribution in [0.4, 0.5) is 0 Å². The molecule has 0 aliphatic heterocycles. The van der Waals surface area contributed by atoms with Crippen LogP contribution in [0.5, 0.6) is 0 Å². The first-order valence-corrected chi connectivity index (χ1v) is 4.67. The summed E-state index contributed by atoms with van der Waals surface area (Å²) in [6.07, 6.45) is -3.45. The van der Waals surface area contributed by atoms with Crippen LogP contribution in [-0.4, -0.2) is 27.4 Å². The molecule has 3 N–H and O–H groups in total. The van der Waals surface area contributed by atoms with Gasteiger partial charge in [0, 0.05) is 5.39 Å². The van der Waals surface area contributed by atoms with Gasteiger partial charge >= 0.3 is 5.97 Å². The molecule has 0 aliphatic carbocycles. The first-order valence-electron chi connectivity index (χ1n) is 4.67. The predicted octanol–water partition coefficient (Wildman–Crippen LogP) is 0.912. The molecule has 2 rings (SSSR count). The minimum absolute atomic E-state index is 0.0381. The molecule has 2 aromatic rings. The van der Waals surface area contributed by atoms with Crippen LogP contribution in [0.2, 0.25) is 0 Å². The van der Waals surface area contributed by atoms with Crippen molar-refractivity contribution in [1.82, 2.24) is 0 Å². The fraction of sp³-hybridized carbons (Fsp3) is 0.182. The molecule has 5 heteroatoms. The molecule has 0 radical (unpaired) electrons. The molecule has 0 bridgehead atoms. The Labute approximate surface area is 90.5 Å². The van der Waals surface area contributed by atoms with Gasteiger partial charge in [-0.15, -0.1) is 0 Å². The highest BCUT2D eigenvalue weighted by molar-refractivity contribution is 5.78. The molecule has 1 heterocycles. The number of hydrogen-bond donors (Lipinski definition) is 3. The number of rotatable bonds is 3. The van der Waals surface area contributed by atoms with Gasteiger partial charge in [-0.1, -0.05) is 18.2 Å². The van der Waals surface area contributed by atoms with Crippen molar-refractivity contribution < 1.29 is 24.5 Å². The first-order chi connectivity index (χ1) is 7.59. The van der Waals surface area contributed by atoms with E-state index in [0.29, 0.717) is 5.58 Å². The van der Waals surface area contributed by atoms with Crippen molar-refractivity contribution >= 4 is 16.9 Å². The lowest BCUT2D eigenvalue weighted by molar-refractivity contribution is -0.153. The minimum atomic E-state index is -1.89. The molecule has 0 spiro atoms. The monoisotopic (exact) mass is 222 g/mol. The van der Waals surface area contributed by atoms with Crippen molar-refractivity contribution in [3.63, 3.8) is 0 Å². The van der Waals surface area contributed by atoms with Crippen LogP contribution < -0.4 is 0 Å². The molecule has 0 aliphatic rings. The maximum Gasteiger partial charge on any atom is 0.335 e. The molecule has 0 saturated heterocycles. The van der Waals surface area contributed by atoms with E-state index in [9.17, 15) is 9.90 Å². The summed E-state index contributed by atoms with van der Waals surface area (Å²) in [4.78, 5) is 10.5. The average Bonchev–Trinajstić information content (AvgIpc) is 2.70. The third kappa shape index (κ3) is 1.78. The van der Waals surface area contributed by atoms with E-state index in [1.54, 1.807) is 24.3 Å². The van der Waals surface area contributed by atoms with Gasteiger partial charge in [0.1, 0.15) is 17.4 Å². The van der Waals surface area contributed by atoms with Gasteiger partial charge in [0.05, 0.1) is 0 Å². The zero-order valence-corrected chi connectivity index (χ0v) is 8.20. The number of carbonyl (C=O) groups is 1. The smallest absolute Gasteiger partial charge is 0.335 e. The summed E-state index contributed by atoms with van der Waals surface area (Å²) in [5.41, 5.74) is 0.536. The van der Waals surface area contributed by atoms with Gasteiger partial charge in [-0.25, -0.2) is 4.79 Å². The predicted molar refractivity (Wildman–Crippen MR) is 54.8 cm³/mol. The normalized spacial score (nSPS) is 14.9. The van der Waals surface area contributed by atoms with Gasteiger partial charge in [-0.2, -0.15) is 0 Å². The zero-order valence-electron chi connectivity index (χ0n) is 8.20. The van der Waals surface area contributed by atoms with E-state index in [0.717, 1.165) is 5.39 Å². The van der Waals surface area contributed by atoms with Crippen LogP contribution >= 0.6 is 0 Å². The third-order valence-corrected chi connectivity index (χ3v) is 2.29. The lowest BCUT2D eigenvalue weighted by Gasteiger charge is -2.10. The fourth-order valence-electron chi connectivity index (χ4n) is 1.44. The van der Waals surface area contributed by atoms with E-state index in [-0.39, 0.29) is 5.76 Å². The Balaban J connectivity index is 2.36. The number of fused-ring (bicyclic) bond motifs is 1. The Kier molecular flexibility index (Phi) is 2.64. The summed E-state index contributed by atoms with van der Waals surface area (Å²) in [6.45, 7) is 0. The maximum absolute atomic E-state index is 10.5. The Hall–Kier alpha value is -1.85. The van der Waals surface area contributed by atoms with Crippen molar-refractivity contribution in [1.29, 1.82) is 0 Å². The summed E-state index contributed by atoms with van der Waals surface area (Å²) in [7, 11) is 0. The largest absolute Gasteiger partial charge is 0.479 e. The van der Waals surface area contributed by atoms with Crippen LogP contribution in [0.1, 0.15) is 11.9 Å². The van der Waals surface area contributed by atoms with Crippen molar-refractivity contribution in [2.75, 3.05) is 0 Å². The SMILES string of the molecule is O=C(O)C(O)C(O)c1cc2ccccc2o1. The van der Waals surface area contributed by atoms with E-state index in [1.807, 2.05) is 0 Å². The standard InChI is InChI=1S/C11H10O5/c12-9(10(13)11(14)15)8-5-6-3-1-2-4-7(6)16-8/h1-5,9-10,12-13H,(H,14,15). The Morgan fingerprint density at radius 1 is 1.25 bits per heavy atom. The van der Waals surface area contributed by atoms with Gasteiger partial charge in [0.25, 0.3) is 0 Å². The summed E-state index contributed by atoms with van der Waals surface area (Å²) < 4.78 is 5.23. The van der Waals surface area contributed by atoms with Crippen molar-refractivity contribution in [2.45, 2.75) is 12.2 Å². The molecule has 1 aromatic heterocycles. The first kappa shape index (κ1) is 10.7. The van der Waals surface area contributed by atoms with E-state index in [2.05, 4.69) is 0 Å². The molecular weight excluding hydrogens is 212 g/mol. The number of carboxylic acid groups (broad SMARTS) is 1. The van der Waals surface area contributed by atoms with E-state index >= 15 is 0 Å². The molecule has 0 saturated carbocycles. The highest BCUT2D eigenvalue weighted by Gasteiger charge is 2.27. The van der Waals surface area contributed by atoms with Crippen molar-refractivity contribution in [2.24, 2.45) is 0 Å². The summed E-state index contributed by atoms with van der Waals surface area (Å²) >= 11 is 0. The molecule has 16 heavy (non-hydrogen) atoms. The molecule has 2 unspecified atom stereocenters. The van der Waals surface area contributed by atoms with Crippen LogP contribution in [-0.2, 0) is 4.79 Å². The van der Waals surface area contributed by atoms with Crippen molar-refractivity contribution in [3.8, 4) is 0 Å². The number of hydrogen-bond acceptors (Lipinski definition) is 4. The molecular formula is C11H10O5. The number of para-hydroxylation sites is 1. The molecule has 0 fully saturated rings. The molecule has 1 aromatic carbocycles. The number of benzene rings is 1. The number of carboxylic acids is 1. The lowest BCUT2D eigenvalue weighted by Crippen LogP contribution is -2.27. The van der Waals surface area contributed by atoms with Gasteiger partial charge in [0.15, 0.2) is 6.10 Å². The Bertz CT molecular complexity index is 483. The highest BCUT2D eigenvalue weighted by Crippen LogP contribution is 2.25. The van der Waals surface area contributed by atoms with Crippen molar-refractivity contribution in [3.05, 3.63) is 36.1 Å². The van der Waals surface area contributed by atoms with E-state index in [1.165, 1.54) is 6.07 Å². The van der Waals surface area contributed by atoms with Crippen LogP contribution in [0.25, 0.3) is 11.0 Å². The number of aliphatic hydroxyl groups excluding tert-OH is 2. The van der Waals surface area contributed by atoms with Gasteiger partial charge in [-0.3, -0.25) is 0 Å². The second kappa shape index (κ2) is 3.96. The summed E-state index contributed by atoms with van der Waals surface area (Å²) in [5.74, 6) is -1.45. The Morgan fingerprint density at radius 3 is 2.56 bits per heavy atom. The second-order valence-electron chi connectivity index (χ2n) is 3.41. The summed E-state index contributed by atoms with van der Waals surface area (Å²) in [6, 6.07) is 8.52. The fourth-order valence-corrected chi connectivity index (χ4v) is 1.44. The number of aliphatic hydroxyl groups is 2. The average molecular weight is 222 g/mol.